The monoisotopic (exact) mass is 353 g/mol. The predicted molar refractivity (Wildman–Crippen MR) is 99.2 cm³/mol. The van der Waals surface area contributed by atoms with Gasteiger partial charge in [-0.3, -0.25) is 0 Å². The summed E-state index contributed by atoms with van der Waals surface area (Å²) in [6.07, 6.45) is 2.15. The van der Waals surface area contributed by atoms with Crippen molar-refractivity contribution in [1.82, 2.24) is 4.98 Å². The van der Waals surface area contributed by atoms with E-state index in [1.165, 1.54) is 12.1 Å². The van der Waals surface area contributed by atoms with Crippen LogP contribution in [0.5, 0.6) is 5.75 Å². The Labute approximate surface area is 152 Å². The van der Waals surface area contributed by atoms with Crippen LogP contribution in [-0.2, 0) is 12.8 Å². The molecule has 1 heterocycles. The summed E-state index contributed by atoms with van der Waals surface area (Å²) in [4.78, 5) is 3.22. The molecule has 26 heavy (non-hydrogen) atoms. The van der Waals surface area contributed by atoms with Gasteiger partial charge in [-0.2, -0.15) is 13.8 Å². The number of pyridine rings is 1. The summed E-state index contributed by atoms with van der Waals surface area (Å²) in [5.41, 5.74) is 3.76. The van der Waals surface area contributed by atoms with Crippen molar-refractivity contribution < 1.29 is 13.5 Å². The SMILES string of the molecule is CCCOc1ccc(-c2ccc(CCc3ccc(F)nc3F)cc2)cc1. The molecule has 2 nitrogen and oxygen atoms in total. The third-order valence-electron chi connectivity index (χ3n) is 4.19. The first-order chi connectivity index (χ1) is 12.7. The maximum absolute atomic E-state index is 13.6. The van der Waals surface area contributed by atoms with Gasteiger partial charge >= 0.3 is 0 Å². The van der Waals surface area contributed by atoms with Crippen LogP contribution in [0.25, 0.3) is 11.1 Å². The van der Waals surface area contributed by atoms with Crippen molar-refractivity contribution in [2.75, 3.05) is 6.61 Å². The van der Waals surface area contributed by atoms with E-state index in [4.69, 9.17) is 4.74 Å². The summed E-state index contributed by atoms with van der Waals surface area (Å²) >= 11 is 0. The second-order valence-corrected chi connectivity index (χ2v) is 6.15. The van der Waals surface area contributed by atoms with Gasteiger partial charge < -0.3 is 4.74 Å². The molecule has 0 aliphatic rings. The van der Waals surface area contributed by atoms with E-state index in [0.29, 0.717) is 18.4 Å². The Balaban J connectivity index is 1.62. The molecule has 2 aromatic carbocycles. The van der Waals surface area contributed by atoms with E-state index in [1.807, 2.05) is 36.4 Å². The number of benzene rings is 2. The fraction of sp³-hybridized carbons (Fsp3) is 0.227. The second kappa shape index (κ2) is 8.56. The van der Waals surface area contributed by atoms with Gasteiger partial charge in [-0.25, -0.2) is 0 Å². The third-order valence-corrected chi connectivity index (χ3v) is 4.19. The van der Waals surface area contributed by atoms with E-state index in [0.717, 1.165) is 35.5 Å². The molecule has 3 rings (SSSR count). The average molecular weight is 353 g/mol. The minimum absolute atomic E-state index is 0.429. The largest absolute Gasteiger partial charge is 0.494 e. The van der Waals surface area contributed by atoms with Gasteiger partial charge in [-0.15, -0.1) is 0 Å². The number of ether oxygens (including phenoxy) is 1. The number of rotatable bonds is 7. The molecule has 3 aromatic rings. The minimum Gasteiger partial charge on any atom is -0.494 e. The number of aromatic nitrogens is 1. The molecular formula is C22H21F2NO. The molecule has 0 aliphatic heterocycles. The topological polar surface area (TPSA) is 22.1 Å². The van der Waals surface area contributed by atoms with Crippen molar-refractivity contribution in [3.05, 3.63) is 83.7 Å². The maximum Gasteiger partial charge on any atom is 0.218 e. The van der Waals surface area contributed by atoms with E-state index < -0.39 is 11.9 Å². The molecule has 134 valence electrons. The van der Waals surface area contributed by atoms with Crippen molar-refractivity contribution in [3.8, 4) is 16.9 Å². The number of nitrogens with zero attached hydrogens (tertiary/aromatic N) is 1. The van der Waals surface area contributed by atoms with Crippen molar-refractivity contribution in [2.24, 2.45) is 0 Å². The van der Waals surface area contributed by atoms with E-state index in [9.17, 15) is 8.78 Å². The molecule has 0 amide bonds. The molecule has 0 aliphatic carbocycles. The summed E-state index contributed by atoms with van der Waals surface area (Å²) < 4.78 is 32.0. The molecule has 0 N–H and O–H groups in total. The first-order valence-corrected chi connectivity index (χ1v) is 8.79. The highest BCUT2D eigenvalue weighted by Crippen LogP contribution is 2.23. The third kappa shape index (κ3) is 4.66. The number of hydrogen-bond donors (Lipinski definition) is 0. The molecule has 0 unspecified atom stereocenters. The summed E-state index contributed by atoms with van der Waals surface area (Å²) in [6, 6.07) is 18.8. The van der Waals surface area contributed by atoms with Crippen molar-refractivity contribution >= 4 is 0 Å². The fourth-order valence-corrected chi connectivity index (χ4v) is 2.73. The van der Waals surface area contributed by atoms with E-state index in [-0.39, 0.29) is 0 Å². The van der Waals surface area contributed by atoms with Crippen LogP contribution in [0.4, 0.5) is 8.78 Å². The zero-order valence-corrected chi connectivity index (χ0v) is 14.7. The van der Waals surface area contributed by atoms with E-state index >= 15 is 0 Å². The predicted octanol–water partition coefficient (Wildman–Crippen LogP) is 5.60. The van der Waals surface area contributed by atoms with Gasteiger partial charge in [0.25, 0.3) is 0 Å². The number of aryl methyl sites for hydroxylation is 2. The number of hydrogen-bond acceptors (Lipinski definition) is 2. The maximum atomic E-state index is 13.6. The van der Waals surface area contributed by atoms with Gasteiger partial charge in [-0.1, -0.05) is 43.3 Å². The van der Waals surface area contributed by atoms with Crippen LogP contribution < -0.4 is 4.74 Å². The highest BCUT2D eigenvalue weighted by molar-refractivity contribution is 5.64. The molecule has 0 spiro atoms. The highest BCUT2D eigenvalue weighted by Gasteiger charge is 2.06. The van der Waals surface area contributed by atoms with E-state index in [1.54, 1.807) is 0 Å². The molecule has 0 saturated carbocycles. The van der Waals surface area contributed by atoms with Crippen molar-refractivity contribution in [3.63, 3.8) is 0 Å². The molecule has 0 bridgehead atoms. The smallest absolute Gasteiger partial charge is 0.218 e. The summed E-state index contributed by atoms with van der Waals surface area (Å²) in [6.45, 7) is 2.80. The molecule has 0 fully saturated rings. The van der Waals surface area contributed by atoms with Gasteiger partial charge in [0.15, 0.2) is 0 Å². The standard InChI is InChI=1S/C22H21F2NO/c1-2-15-26-20-12-9-18(10-13-20)17-6-3-16(4-7-17)5-8-19-11-14-21(23)25-22(19)24/h3-4,6-7,9-14H,2,5,8,15H2,1H3. The van der Waals surface area contributed by atoms with Crippen molar-refractivity contribution in [2.45, 2.75) is 26.2 Å². The highest BCUT2D eigenvalue weighted by atomic mass is 19.1. The Morgan fingerprint density at radius 3 is 2.08 bits per heavy atom. The summed E-state index contributed by atoms with van der Waals surface area (Å²) in [5.74, 6) is -0.643. The van der Waals surface area contributed by atoms with Crippen LogP contribution in [0.2, 0.25) is 0 Å². The van der Waals surface area contributed by atoms with Crippen molar-refractivity contribution in [1.29, 1.82) is 0 Å². The summed E-state index contributed by atoms with van der Waals surface area (Å²) in [7, 11) is 0. The van der Waals surface area contributed by atoms with E-state index in [2.05, 4.69) is 24.0 Å². The van der Waals surface area contributed by atoms with Gasteiger partial charge in [0, 0.05) is 5.56 Å². The average Bonchev–Trinajstić information content (AvgIpc) is 2.66. The molecule has 0 radical (unpaired) electrons. The Hall–Kier alpha value is -2.75. The number of halogens is 2. The normalized spacial score (nSPS) is 10.7. The van der Waals surface area contributed by atoms with Gasteiger partial charge in [-0.05, 0) is 60.2 Å². The Morgan fingerprint density at radius 2 is 1.46 bits per heavy atom. The van der Waals surface area contributed by atoms with Gasteiger partial charge in [0.2, 0.25) is 11.9 Å². The van der Waals surface area contributed by atoms with Crippen LogP contribution in [0.1, 0.15) is 24.5 Å². The zero-order valence-electron chi connectivity index (χ0n) is 14.7. The lowest BCUT2D eigenvalue weighted by atomic mass is 10.0. The van der Waals surface area contributed by atoms with Crippen LogP contribution in [0, 0.1) is 11.9 Å². The quantitative estimate of drug-likeness (QED) is 0.516. The van der Waals surface area contributed by atoms with Crippen LogP contribution in [-0.4, -0.2) is 11.6 Å². The van der Waals surface area contributed by atoms with Gasteiger partial charge in [0.05, 0.1) is 6.61 Å². The van der Waals surface area contributed by atoms with Gasteiger partial charge in [0.1, 0.15) is 5.75 Å². The zero-order chi connectivity index (χ0) is 18.4. The fourth-order valence-electron chi connectivity index (χ4n) is 2.73. The molecule has 4 heteroatoms. The van der Waals surface area contributed by atoms with Crippen LogP contribution in [0.15, 0.2) is 60.7 Å². The molecular weight excluding hydrogens is 332 g/mol. The Morgan fingerprint density at radius 1 is 0.808 bits per heavy atom. The van der Waals surface area contributed by atoms with Crippen LogP contribution in [0.3, 0.4) is 0 Å². The second-order valence-electron chi connectivity index (χ2n) is 6.15. The lowest BCUT2D eigenvalue weighted by Crippen LogP contribution is -1.99. The minimum atomic E-state index is -0.790. The lowest BCUT2D eigenvalue weighted by molar-refractivity contribution is 0.317. The Kier molecular flexibility index (Phi) is 5.95. The Bertz CT molecular complexity index is 845. The molecule has 0 saturated heterocycles. The first kappa shape index (κ1) is 18.1. The molecule has 0 atom stereocenters. The first-order valence-electron chi connectivity index (χ1n) is 8.79. The molecule has 1 aromatic heterocycles. The lowest BCUT2D eigenvalue weighted by Gasteiger charge is -2.08. The summed E-state index contributed by atoms with van der Waals surface area (Å²) in [5, 5.41) is 0. The van der Waals surface area contributed by atoms with Crippen LogP contribution >= 0.6 is 0 Å².